The molecule has 0 unspecified atom stereocenters. The molecular weight excluding hydrogens is 221 g/mol. The van der Waals surface area contributed by atoms with Crippen molar-refractivity contribution >= 4 is 11.9 Å². The van der Waals surface area contributed by atoms with Gasteiger partial charge in [0.25, 0.3) is 0 Å². The van der Waals surface area contributed by atoms with E-state index < -0.39 is 11.9 Å². The summed E-state index contributed by atoms with van der Waals surface area (Å²) in [5, 5.41) is 16.9. The van der Waals surface area contributed by atoms with Gasteiger partial charge in [-0.05, 0) is 12.1 Å². The van der Waals surface area contributed by atoms with E-state index in [0.717, 1.165) is 0 Å². The quantitative estimate of drug-likeness (QED) is 0.715. The van der Waals surface area contributed by atoms with Gasteiger partial charge in [-0.15, -0.1) is 0 Å². The third-order valence-corrected chi connectivity index (χ3v) is 1.19. The average Bonchev–Trinajstić information content (AvgIpc) is 2.04. The summed E-state index contributed by atoms with van der Waals surface area (Å²) >= 11 is 0. The summed E-state index contributed by atoms with van der Waals surface area (Å²) in [5.41, 5.74) is -0.537. The van der Waals surface area contributed by atoms with E-state index in [0.29, 0.717) is 0 Å². The van der Waals surface area contributed by atoms with Crippen LogP contribution < -0.4 is 0 Å². The molecule has 0 aromatic carbocycles. The minimum absolute atomic E-state index is 0. The second-order valence-electron chi connectivity index (χ2n) is 2.02. The number of carboxylic acids is 2. The van der Waals surface area contributed by atoms with Crippen LogP contribution in [-0.4, -0.2) is 27.1 Å². The Hall–Kier alpha value is -1.42. The van der Waals surface area contributed by atoms with Crippen molar-refractivity contribution in [3.05, 3.63) is 29.6 Å². The molecule has 0 atom stereocenters. The maximum absolute atomic E-state index is 10.3. The first-order chi connectivity index (χ1) is 5.61. The number of hydrogen-bond acceptors (Lipinski definition) is 3. The number of nitrogens with zero attached hydrogens (tertiary/aromatic N) is 1. The number of pyridine rings is 1. The first-order valence-electron chi connectivity index (χ1n) is 3.05. The van der Waals surface area contributed by atoms with Gasteiger partial charge < -0.3 is 10.2 Å². The fourth-order valence-electron chi connectivity index (χ4n) is 0.673. The molecule has 0 saturated carbocycles. The molecule has 0 fully saturated rings. The van der Waals surface area contributed by atoms with Gasteiger partial charge in [0.2, 0.25) is 0 Å². The Kier molecular flexibility index (Phi) is 4.07. The van der Waals surface area contributed by atoms with Crippen LogP contribution in [0.1, 0.15) is 21.0 Å². The van der Waals surface area contributed by atoms with Crippen LogP contribution in [0.4, 0.5) is 0 Å². The van der Waals surface area contributed by atoms with E-state index in [4.69, 9.17) is 10.2 Å². The molecule has 72 valence electrons. The predicted molar refractivity (Wildman–Crippen MR) is 38.2 cm³/mol. The number of aromatic nitrogens is 1. The van der Waals surface area contributed by atoms with Gasteiger partial charge in [0.15, 0.2) is 0 Å². The van der Waals surface area contributed by atoms with Crippen molar-refractivity contribution in [2.75, 3.05) is 0 Å². The number of rotatable bonds is 2. The number of hydrogen-bond donors (Lipinski definition) is 2. The summed E-state index contributed by atoms with van der Waals surface area (Å²) in [6.07, 6.45) is 0. The maximum atomic E-state index is 10.3. The molecule has 1 heterocycles. The molecule has 13 heavy (non-hydrogen) atoms. The molecule has 1 aromatic rings. The molecular formula is C7H5NNiO4. The zero-order valence-corrected chi connectivity index (χ0v) is 7.19. The summed E-state index contributed by atoms with van der Waals surface area (Å²) in [6, 6.07) is 3.80. The van der Waals surface area contributed by atoms with Crippen molar-refractivity contribution in [3.63, 3.8) is 0 Å². The van der Waals surface area contributed by atoms with Crippen molar-refractivity contribution in [2.45, 2.75) is 0 Å². The SMILES string of the molecule is O=C(O)c1cccc(C(=O)O)n1.[Ni]. The molecule has 2 N–H and O–H groups in total. The molecule has 0 saturated heterocycles. The summed E-state index contributed by atoms with van der Waals surface area (Å²) in [5.74, 6) is -2.48. The zero-order valence-electron chi connectivity index (χ0n) is 6.21. The molecule has 0 spiro atoms. The first-order valence-corrected chi connectivity index (χ1v) is 3.05. The van der Waals surface area contributed by atoms with Gasteiger partial charge >= 0.3 is 11.9 Å². The fraction of sp³-hybridized carbons (Fsp3) is 0. The molecule has 0 radical (unpaired) electrons. The van der Waals surface area contributed by atoms with Crippen molar-refractivity contribution in [2.24, 2.45) is 0 Å². The summed E-state index contributed by atoms with van der Waals surface area (Å²) in [4.78, 5) is 24.0. The Balaban J connectivity index is 0.00000144. The molecule has 0 aliphatic rings. The summed E-state index contributed by atoms with van der Waals surface area (Å²) in [6.45, 7) is 0. The van der Waals surface area contributed by atoms with Crippen molar-refractivity contribution in [1.82, 2.24) is 4.98 Å². The average molecular weight is 226 g/mol. The largest absolute Gasteiger partial charge is 0.477 e. The normalized spacial score (nSPS) is 8.62. The van der Waals surface area contributed by atoms with Gasteiger partial charge in [0.05, 0.1) is 0 Å². The van der Waals surface area contributed by atoms with Crippen molar-refractivity contribution in [3.8, 4) is 0 Å². The second kappa shape index (κ2) is 4.57. The topological polar surface area (TPSA) is 87.5 Å². The minimum atomic E-state index is -1.24. The van der Waals surface area contributed by atoms with Crippen LogP contribution in [0, 0.1) is 0 Å². The van der Waals surface area contributed by atoms with Crippen LogP contribution in [0.25, 0.3) is 0 Å². The molecule has 0 aliphatic heterocycles. The summed E-state index contributed by atoms with van der Waals surface area (Å²) in [7, 11) is 0. The molecule has 1 aromatic heterocycles. The Morgan fingerprint density at radius 1 is 1.08 bits per heavy atom. The standard InChI is InChI=1S/C7H5NO4.Ni/c9-6(10)4-2-1-3-5(8-4)7(11)12;/h1-3H,(H,9,10)(H,11,12);. The van der Waals surface area contributed by atoms with Crippen molar-refractivity contribution in [1.29, 1.82) is 0 Å². The van der Waals surface area contributed by atoms with Gasteiger partial charge in [-0.25, -0.2) is 14.6 Å². The maximum Gasteiger partial charge on any atom is 0.354 e. The van der Waals surface area contributed by atoms with Crippen LogP contribution in [0.3, 0.4) is 0 Å². The molecule has 0 amide bonds. The molecule has 0 aliphatic carbocycles. The smallest absolute Gasteiger partial charge is 0.354 e. The van der Waals surface area contributed by atoms with E-state index in [-0.39, 0.29) is 27.9 Å². The molecule has 1 rings (SSSR count). The third-order valence-electron chi connectivity index (χ3n) is 1.19. The second-order valence-corrected chi connectivity index (χ2v) is 2.02. The molecule has 0 bridgehead atoms. The van der Waals surface area contributed by atoms with E-state index in [2.05, 4.69) is 4.98 Å². The summed E-state index contributed by atoms with van der Waals surface area (Å²) < 4.78 is 0. The minimum Gasteiger partial charge on any atom is -0.477 e. The van der Waals surface area contributed by atoms with Crippen LogP contribution in [-0.2, 0) is 16.5 Å². The van der Waals surface area contributed by atoms with E-state index in [1.54, 1.807) is 0 Å². The Morgan fingerprint density at radius 2 is 1.46 bits per heavy atom. The van der Waals surface area contributed by atoms with Gasteiger partial charge in [-0.3, -0.25) is 0 Å². The number of carbonyl (C=O) groups is 2. The van der Waals surface area contributed by atoms with Gasteiger partial charge in [0, 0.05) is 16.5 Å². The van der Waals surface area contributed by atoms with E-state index in [1.807, 2.05) is 0 Å². The Bertz CT molecular complexity index is 310. The monoisotopic (exact) mass is 225 g/mol. The first kappa shape index (κ1) is 11.6. The van der Waals surface area contributed by atoms with Crippen LogP contribution in [0.5, 0.6) is 0 Å². The zero-order chi connectivity index (χ0) is 9.14. The van der Waals surface area contributed by atoms with Gasteiger partial charge in [-0.2, -0.15) is 0 Å². The van der Waals surface area contributed by atoms with Crippen molar-refractivity contribution < 1.29 is 36.3 Å². The fourth-order valence-corrected chi connectivity index (χ4v) is 0.673. The van der Waals surface area contributed by atoms with Gasteiger partial charge in [-0.1, -0.05) is 6.07 Å². The van der Waals surface area contributed by atoms with E-state index in [9.17, 15) is 9.59 Å². The van der Waals surface area contributed by atoms with E-state index in [1.165, 1.54) is 18.2 Å². The Morgan fingerprint density at radius 3 is 1.77 bits per heavy atom. The third kappa shape index (κ3) is 2.84. The Labute approximate surface area is 83.3 Å². The van der Waals surface area contributed by atoms with Crippen LogP contribution in [0.2, 0.25) is 0 Å². The molecule has 5 nitrogen and oxygen atoms in total. The van der Waals surface area contributed by atoms with Crippen LogP contribution in [0.15, 0.2) is 18.2 Å². The number of carboxylic acid groups (broad SMARTS) is 2. The van der Waals surface area contributed by atoms with Gasteiger partial charge in [0.1, 0.15) is 11.4 Å². The molecule has 6 heteroatoms. The number of aromatic carboxylic acids is 2. The van der Waals surface area contributed by atoms with E-state index >= 15 is 0 Å². The predicted octanol–water partition coefficient (Wildman–Crippen LogP) is 0.475. The van der Waals surface area contributed by atoms with Crippen LogP contribution >= 0.6 is 0 Å².